The number of fused-ring (bicyclic) bond motifs is 1. The van der Waals surface area contributed by atoms with Crippen LogP contribution in [0.15, 0.2) is 66.7 Å². The number of phenols is 1. The van der Waals surface area contributed by atoms with Gasteiger partial charge < -0.3 is 25.0 Å². The summed E-state index contributed by atoms with van der Waals surface area (Å²) in [6.45, 7) is 3.12. The number of aromatic nitrogens is 1. The topological polar surface area (TPSA) is 80.7 Å². The Kier molecular flexibility index (Phi) is 9.56. The van der Waals surface area contributed by atoms with Crippen molar-refractivity contribution in [2.24, 2.45) is 5.73 Å². The molecular weight excluding hydrogens is 557 g/mol. The van der Waals surface area contributed by atoms with Crippen LogP contribution in [0.2, 0.25) is 10.0 Å². The number of para-hydroxylation sites is 1. The Morgan fingerprint density at radius 2 is 1.80 bits per heavy atom. The number of aromatic hydroxyl groups is 1. The summed E-state index contributed by atoms with van der Waals surface area (Å²) in [6.07, 6.45) is 3.92. The number of piperidine rings is 1. The fourth-order valence-corrected chi connectivity index (χ4v) is 6.41. The number of likely N-dealkylation sites (tertiary alicyclic amines) is 1. The van der Waals surface area contributed by atoms with Crippen molar-refractivity contribution >= 4 is 40.0 Å². The average Bonchev–Trinajstić information content (AvgIpc) is 3.35. The number of carbonyl (C=O) groups is 1. The Morgan fingerprint density at radius 1 is 1.07 bits per heavy atom. The SMILES string of the molecule is COCCCn1c(C2CCCN(C(=O)CC(N)Cc3ccc(-c4cc(Cl)c(O)c(Cl)c4)cc3)C2)cc2ccccc21. The van der Waals surface area contributed by atoms with Crippen molar-refractivity contribution in [3.8, 4) is 16.9 Å². The molecule has 1 saturated heterocycles. The molecule has 2 atom stereocenters. The van der Waals surface area contributed by atoms with Gasteiger partial charge in [-0.2, -0.15) is 0 Å². The van der Waals surface area contributed by atoms with Crippen LogP contribution in [0, 0.1) is 0 Å². The van der Waals surface area contributed by atoms with Crippen LogP contribution >= 0.6 is 23.2 Å². The number of hydrogen-bond acceptors (Lipinski definition) is 4. The second-order valence-corrected chi connectivity index (χ2v) is 11.8. The molecule has 41 heavy (non-hydrogen) atoms. The molecule has 0 spiro atoms. The number of nitrogens with zero attached hydrogens (tertiary/aromatic N) is 2. The summed E-state index contributed by atoms with van der Waals surface area (Å²) in [7, 11) is 1.74. The molecular formula is C33H37Cl2N3O3. The van der Waals surface area contributed by atoms with Crippen LogP contribution in [-0.4, -0.2) is 53.3 Å². The molecule has 1 aromatic heterocycles. The molecule has 0 saturated carbocycles. The summed E-state index contributed by atoms with van der Waals surface area (Å²) >= 11 is 12.2. The summed E-state index contributed by atoms with van der Waals surface area (Å²) in [4.78, 5) is 15.4. The van der Waals surface area contributed by atoms with E-state index in [1.165, 1.54) is 16.6 Å². The van der Waals surface area contributed by atoms with Crippen molar-refractivity contribution in [1.29, 1.82) is 0 Å². The number of methoxy groups -OCH3 is 1. The fraction of sp³-hybridized carbons (Fsp3) is 0.364. The minimum Gasteiger partial charge on any atom is -0.505 e. The Hall–Kier alpha value is -3.03. The van der Waals surface area contributed by atoms with Crippen LogP contribution in [0.3, 0.4) is 0 Å². The van der Waals surface area contributed by atoms with E-state index in [9.17, 15) is 9.90 Å². The number of rotatable bonds is 10. The largest absolute Gasteiger partial charge is 0.505 e. The molecule has 3 N–H and O–H groups in total. The molecule has 0 bridgehead atoms. The predicted molar refractivity (Wildman–Crippen MR) is 167 cm³/mol. The number of amides is 1. The highest BCUT2D eigenvalue weighted by molar-refractivity contribution is 6.37. The van der Waals surface area contributed by atoms with Crippen molar-refractivity contribution in [3.05, 3.63) is 88.0 Å². The number of hydrogen-bond donors (Lipinski definition) is 2. The van der Waals surface area contributed by atoms with Crippen molar-refractivity contribution < 1.29 is 14.6 Å². The standard InChI is InChI=1S/C33H37Cl2N3O3/c1-41-15-5-14-38-30-8-3-2-6-24(30)19-31(38)25-7-4-13-37(21-25)32(39)20-27(36)16-22-9-11-23(12-10-22)26-17-28(34)33(40)29(35)18-26/h2-3,6,8-12,17-19,25,27,40H,4-5,7,13-16,20-21,36H2,1H3. The lowest BCUT2D eigenvalue weighted by atomic mass is 9.93. The first kappa shape index (κ1) is 29.5. The van der Waals surface area contributed by atoms with E-state index in [1.54, 1.807) is 19.2 Å². The van der Waals surface area contributed by atoms with Gasteiger partial charge in [0.25, 0.3) is 0 Å². The molecule has 6 nitrogen and oxygen atoms in total. The van der Waals surface area contributed by atoms with E-state index >= 15 is 0 Å². The molecule has 2 heterocycles. The van der Waals surface area contributed by atoms with Gasteiger partial charge in [0.1, 0.15) is 0 Å². The third kappa shape index (κ3) is 6.90. The van der Waals surface area contributed by atoms with Gasteiger partial charge in [0.05, 0.1) is 10.0 Å². The summed E-state index contributed by atoms with van der Waals surface area (Å²) < 4.78 is 7.73. The lowest BCUT2D eigenvalue weighted by Gasteiger charge is -2.34. The predicted octanol–water partition coefficient (Wildman–Crippen LogP) is 7.02. The molecule has 4 aromatic rings. The summed E-state index contributed by atoms with van der Waals surface area (Å²) in [5, 5.41) is 11.5. The fourth-order valence-electron chi connectivity index (χ4n) is 5.93. The smallest absolute Gasteiger partial charge is 0.224 e. The molecule has 8 heteroatoms. The molecule has 5 rings (SSSR count). The van der Waals surface area contributed by atoms with Gasteiger partial charge in [0.15, 0.2) is 5.75 Å². The van der Waals surface area contributed by atoms with Crippen LogP contribution in [0.1, 0.15) is 42.9 Å². The van der Waals surface area contributed by atoms with Crippen LogP contribution in [0.4, 0.5) is 0 Å². The van der Waals surface area contributed by atoms with Crippen LogP contribution < -0.4 is 5.73 Å². The van der Waals surface area contributed by atoms with Crippen LogP contribution in [-0.2, 0) is 22.5 Å². The molecule has 1 amide bonds. The number of nitrogens with two attached hydrogens (primary N) is 1. The van der Waals surface area contributed by atoms with Gasteiger partial charge in [0, 0.05) is 62.9 Å². The van der Waals surface area contributed by atoms with Crippen molar-refractivity contribution in [2.45, 2.75) is 50.6 Å². The lowest BCUT2D eigenvalue weighted by Crippen LogP contribution is -2.42. The van der Waals surface area contributed by atoms with Gasteiger partial charge in [-0.15, -0.1) is 0 Å². The number of benzene rings is 3. The lowest BCUT2D eigenvalue weighted by molar-refractivity contribution is -0.132. The maximum absolute atomic E-state index is 13.4. The molecule has 0 aliphatic carbocycles. The molecule has 1 aliphatic heterocycles. The highest BCUT2D eigenvalue weighted by Crippen LogP contribution is 2.36. The van der Waals surface area contributed by atoms with Crippen molar-refractivity contribution in [3.63, 3.8) is 0 Å². The van der Waals surface area contributed by atoms with E-state index in [-0.39, 0.29) is 27.7 Å². The van der Waals surface area contributed by atoms with Gasteiger partial charge in [0.2, 0.25) is 5.91 Å². The van der Waals surface area contributed by atoms with Gasteiger partial charge in [-0.1, -0.05) is 65.7 Å². The molecule has 216 valence electrons. The minimum atomic E-state index is -0.271. The average molecular weight is 595 g/mol. The maximum Gasteiger partial charge on any atom is 0.224 e. The Morgan fingerprint density at radius 3 is 2.54 bits per heavy atom. The first-order valence-electron chi connectivity index (χ1n) is 14.2. The number of ether oxygens (including phenoxy) is 1. The number of aryl methyl sites for hydroxylation is 1. The molecule has 2 unspecified atom stereocenters. The first-order chi connectivity index (χ1) is 19.8. The number of phenolic OH excluding ortho intramolecular Hbond substituents is 1. The normalized spacial score (nSPS) is 16.3. The van der Waals surface area contributed by atoms with E-state index < -0.39 is 0 Å². The third-order valence-electron chi connectivity index (χ3n) is 8.00. The zero-order valence-electron chi connectivity index (χ0n) is 23.4. The van der Waals surface area contributed by atoms with Crippen molar-refractivity contribution in [2.75, 3.05) is 26.8 Å². The monoisotopic (exact) mass is 593 g/mol. The van der Waals surface area contributed by atoms with Gasteiger partial charge in [-0.3, -0.25) is 4.79 Å². The summed E-state index contributed by atoms with van der Waals surface area (Å²) in [6, 6.07) is 21.9. The maximum atomic E-state index is 13.4. The Labute approximate surface area is 251 Å². The summed E-state index contributed by atoms with van der Waals surface area (Å²) in [5.74, 6) is 0.302. The highest BCUT2D eigenvalue weighted by atomic mass is 35.5. The zero-order chi connectivity index (χ0) is 28.9. The van der Waals surface area contributed by atoms with E-state index in [4.69, 9.17) is 33.7 Å². The minimum absolute atomic E-state index is 0.117. The van der Waals surface area contributed by atoms with Gasteiger partial charge in [-0.05, 0) is 72.0 Å². The Balaban J connectivity index is 1.21. The van der Waals surface area contributed by atoms with Crippen molar-refractivity contribution in [1.82, 2.24) is 9.47 Å². The molecule has 3 aromatic carbocycles. The quantitative estimate of drug-likeness (QED) is 0.193. The third-order valence-corrected chi connectivity index (χ3v) is 8.58. The van der Waals surface area contributed by atoms with Crippen LogP contribution in [0.25, 0.3) is 22.0 Å². The van der Waals surface area contributed by atoms with Crippen LogP contribution in [0.5, 0.6) is 5.75 Å². The van der Waals surface area contributed by atoms with E-state index in [0.29, 0.717) is 18.8 Å². The van der Waals surface area contributed by atoms with E-state index in [0.717, 1.165) is 62.2 Å². The zero-order valence-corrected chi connectivity index (χ0v) is 24.9. The molecule has 1 aliphatic rings. The summed E-state index contributed by atoms with van der Waals surface area (Å²) in [5.41, 5.74) is 11.8. The molecule has 1 fully saturated rings. The van der Waals surface area contributed by atoms with E-state index in [1.807, 2.05) is 29.2 Å². The highest BCUT2D eigenvalue weighted by Gasteiger charge is 2.28. The number of halogens is 2. The van der Waals surface area contributed by atoms with E-state index in [2.05, 4.69) is 34.9 Å². The number of carbonyl (C=O) groups excluding carboxylic acids is 1. The second-order valence-electron chi connectivity index (χ2n) is 11.0. The first-order valence-corrected chi connectivity index (χ1v) is 15.0. The molecule has 0 radical (unpaired) electrons. The van der Waals surface area contributed by atoms with Gasteiger partial charge in [-0.25, -0.2) is 0 Å². The Bertz CT molecular complexity index is 1480. The second kappa shape index (κ2) is 13.3. The van der Waals surface area contributed by atoms with Gasteiger partial charge >= 0.3 is 0 Å².